The van der Waals surface area contributed by atoms with Crippen LogP contribution in [0.25, 0.3) is 0 Å². The fraction of sp³-hybridized carbons (Fsp3) is 0.417. The number of anilines is 1. The van der Waals surface area contributed by atoms with Crippen molar-refractivity contribution in [3.05, 3.63) is 59.7 Å². The summed E-state index contributed by atoms with van der Waals surface area (Å²) < 4.78 is 31.6. The Labute approximate surface area is 196 Å². The minimum absolute atomic E-state index is 0.180. The van der Waals surface area contributed by atoms with Crippen LogP contribution < -0.4 is 14.4 Å². The van der Waals surface area contributed by atoms with Crippen LogP contribution in [0, 0.1) is 6.92 Å². The topological polar surface area (TPSA) is 96.0 Å². The van der Waals surface area contributed by atoms with Crippen molar-refractivity contribution in [3.8, 4) is 5.75 Å². The quantitative estimate of drug-likeness (QED) is 0.539. The third-order valence-corrected chi connectivity index (χ3v) is 6.33. The Morgan fingerprint density at radius 1 is 1.09 bits per heavy atom. The average molecular weight is 476 g/mol. The molecule has 0 aliphatic carbocycles. The van der Waals surface area contributed by atoms with Gasteiger partial charge >= 0.3 is 0 Å². The Bertz CT molecular complexity index is 1070. The number of ether oxygens (including phenoxy) is 1. The van der Waals surface area contributed by atoms with E-state index in [1.165, 1.54) is 12.0 Å². The van der Waals surface area contributed by atoms with E-state index in [1.54, 1.807) is 24.3 Å². The molecule has 0 aromatic heterocycles. The number of hydrogen-bond acceptors (Lipinski definition) is 5. The smallest absolute Gasteiger partial charge is 0.244 e. The molecule has 2 rings (SSSR count). The second-order valence-electron chi connectivity index (χ2n) is 7.77. The van der Waals surface area contributed by atoms with Gasteiger partial charge in [-0.25, -0.2) is 8.42 Å². The van der Waals surface area contributed by atoms with Gasteiger partial charge in [0.05, 0.1) is 19.1 Å². The summed E-state index contributed by atoms with van der Waals surface area (Å²) in [5, 5.41) is 2.78. The number of carbonyl (C=O) groups is 2. The van der Waals surface area contributed by atoms with E-state index < -0.39 is 28.5 Å². The van der Waals surface area contributed by atoms with Crippen LogP contribution in [0.4, 0.5) is 5.69 Å². The minimum atomic E-state index is -3.82. The van der Waals surface area contributed by atoms with Crippen LogP contribution in [0.2, 0.25) is 0 Å². The number of hydrogen-bond donors (Lipinski definition) is 1. The zero-order valence-electron chi connectivity index (χ0n) is 19.9. The molecular weight excluding hydrogens is 442 g/mol. The molecule has 0 heterocycles. The number of aryl methyl sites for hydroxylation is 1. The number of nitrogens with zero attached hydrogens (tertiary/aromatic N) is 2. The van der Waals surface area contributed by atoms with E-state index in [0.717, 1.165) is 21.7 Å². The van der Waals surface area contributed by atoms with Crippen LogP contribution in [-0.2, 0) is 26.2 Å². The molecule has 0 spiro atoms. The summed E-state index contributed by atoms with van der Waals surface area (Å²) in [5.74, 6) is -0.424. The van der Waals surface area contributed by atoms with Crippen LogP contribution in [-0.4, -0.2) is 57.6 Å². The maximum absolute atomic E-state index is 13.6. The molecular formula is C24H33N3O5S. The molecule has 0 radical (unpaired) electrons. The average Bonchev–Trinajstić information content (AvgIpc) is 2.76. The second-order valence-corrected chi connectivity index (χ2v) is 9.68. The van der Waals surface area contributed by atoms with E-state index in [-0.39, 0.29) is 18.1 Å². The molecule has 9 heteroatoms. The fourth-order valence-corrected chi connectivity index (χ4v) is 4.50. The monoisotopic (exact) mass is 475 g/mol. The Kier molecular flexibility index (Phi) is 9.28. The summed E-state index contributed by atoms with van der Waals surface area (Å²) in [6, 6.07) is 13.5. The van der Waals surface area contributed by atoms with Crippen LogP contribution in [0.15, 0.2) is 48.5 Å². The molecule has 1 atom stereocenters. The van der Waals surface area contributed by atoms with Crippen molar-refractivity contribution in [1.29, 1.82) is 0 Å². The largest absolute Gasteiger partial charge is 0.495 e. The number of likely N-dealkylation sites (N-methyl/N-ethyl adjacent to an activating group) is 1. The van der Waals surface area contributed by atoms with Gasteiger partial charge in [0.1, 0.15) is 18.3 Å². The third kappa shape index (κ3) is 6.95. The summed E-state index contributed by atoms with van der Waals surface area (Å²) in [5.41, 5.74) is 2.14. The maximum Gasteiger partial charge on any atom is 0.244 e. The molecule has 2 aromatic rings. The van der Waals surface area contributed by atoms with Crippen molar-refractivity contribution < 1.29 is 22.7 Å². The zero-order valence-corrected chi connectivity index (χ0v) is 20.7. The highest BCUT2D eigenvalue weighted by atomic mass is 32.2. The second kappa shape index (κ2) is 11.7. The minimum Gasteiger partial charge on any atom is -0.495 e. The fourth-order valence-electron chi connectivity index (χ4n) is 3.65. The van der Waals surface area contributed by atoms with Crippen molar-refractivity contribution in [2.24, 2.45) is 0 Å². The van der Waals surface area contributed by atoms with E-state index in [1.807, 2.05) is 45.0 Å². The number of amides is 2. The van der Waals surface area contributed by atoms with Crippen LogP contribution in [0.5, 0.6) is 5.75 Å². The van der Waals surface area contributed by atoms with Gasteiger partial charge in [-0.3, -0.25) is 13.9 Å². The molecule has 8 nitrogen and oxygen atoms in total. The SMILES string of the molecule is CCNC(=O)[C@@H](CC)N(Cc1cccc(C)c1)C(=O)CN(c1ccccc1OC)S(C)(=O)=O. The van der Waals surface area contributed by atoms with E-state index in [0.29, 0.717) is 18.7 Å². The van der Waals surface area contributed by atoms with Gasteiger partial charge in [0.25, 0.3) is 0 Å². The lowest BCUT2D eigenvalue weighted by atomic mass is 10.1. The standard InChI is InChI=1S/C24H33N3O5S/c1-6-20(24(29)25-7-2)26(16-19-12-10-11-18(3)15-19)23(28)17-27(33(5,30)31)21-13-8-9-14-22(21)32-4/h8-15,20H,6-7,16-17H2,1-5H3,(H,25,29)/t20-/m1/s1. The molecule has 0 saturated carbocycles. The highest BCUT2D eigenvalue weighted by molar-refractivity contribution is 7.92. The summed E-state index contributed by atoms with van der Waals surface area (Å²) >= 11 is 0. The summed E-state index contributed by atoms with van der Waals surface area (Å²) in [6.45, 7) is 5.73. The van der Waals surface area contributed by atoms with Crippen molar-refractivity contribution in [2.45, 2.75) is 39.8 Å². The first-order valence-corrected chi connectivity index (χ1v) is 12.7. The number of methoxy groups -OCH3 is 1. The third-order valence-electron chi connectivity index (χ3n) is 5.21. The first-order chi connectivity index (χ1) is 15.6. The van der Waals surface area contributed by atoms with E-state index in [9.17, 15) is 18.0 Å². The highest BCUT2D eigenvalue weighted by Crippen LogP contribution is 2.29. The van der Waals surface area contributed by atoms with Gasteiger partial charge in [0, 0.05) is 13.1 Å². The van der Waals surface area contributed by atoms with Gasteiger partial charge in [-0.15, -0.1) is 0 Å². The number of carbonyl (C=O) groups excluding carboxylic acids is 2. The van der Waals surface area contributed by atoms with E-state index in [2.05, 4.69) is 5.32 Å². The zero-order chi connectivity index (χ0) is 24.6. The normalized spacial score (nSPS) is 12.0. The first kappa shape index (κ1) is 26.2. The number of rotatable bonds is 11. The van der Waals surface area contributed by atoms with Crippen LogP contribution >= 0.6 is 0 Å². The Balaban J connectivity index is 2.47. The number of nitrogens with one attached hydrogen (secondary N) is 1. The van der Waals surface area contributed by atoms with Gasteiger partial charge in [-0.1, -0.05) is 48.9 Å². The van der Waals surface area contributed by atoms with Gasteiger partial charge < -0.3 is 15.0 Å². The van der Waals surface area contributed by atoms with Crippen molar-refractivity contribution in [3.63, 3.8) is 0 Å². The van der Waals surface area contributed by atoms with Crippen LogP contribution in [0.1, 0.15) is 31.4 Å². The lowest BCUT2D eigenvalue weighted by molar-refractivity contribution is -0.140. The molecule has 2 aromatic carbocycles. The molecule has 1 N–H and O–H groups in total. The lowest BCUT2D eigenvalue weighted by Gasteiger charge is -2.33. The maximum atomic E-state index is 13.6. The Hall–Kier alpha value is -3.07. The molecule has 0 aliphatic heterocycles. The number of benzene rings is 2. The first-order valence-electron chi connectivity index (χ1n) is 10.9. The van der Waals surface area contributed by atoms with Crippen molar-refractivity contribution in [2.75, 3.05) is 30.8 Å². The van der Waals surface area contributed by atoms with Crippen molar-refractivity contribution >= 4 is 27.5 Å². The molecule has 0 unspecified atom stereocenters. The highest BCUT2D eigenvalue weighted by Gasteiger charge is 2.32. The molecule has 0 bridgehead atoms. The molecule has 180 valence electrons. The van der Waals surface area contributed by atoms with Gasteiger partial charge in [0.2, 0.25) is 21.8 Å². The summed E-state index contributed by atoms with van der Waals surface area (Å²) in [4.78, 5) is 27.8. The molecule has 33 heavy (non-hydrogen) atoms. The summed E-state index contributed by atoms with van der Waals surface area (Å²) in [6.07, 6.45) is 1.43. The van der Waals surface area contributed by atoms with Crippen LogP contribution in [0.3, 0.4) is 0 Å². The summed E-state index contributed by atoms with van der Waals surface area (Å²) in [7, 11) is -2.38. The molecule has 2 amide bonds. The molecule has 0 saturated heterocycles. The predicted molar refractivity (Wildman–Crippen MR) is 130 cm³/mol. The van der Waals surface area contributed by atoms with E-state index >= 15 is 0 Å². The van der Waals surface area contributed by atoms with Gasteiger partial charge in [-0.05, 0) is 38.0 Å². The van der Waals surface area contributed by atoms with Gasteiger partial charge in [-0.2, -0.15) is 0 Å². The Morgan fingerprint density at radius 2 is 1.79 bits per heavy atom. The lowest BCUT2D eigenvalue weighted by Crippen LogP contribution is -2.52. The number of para-hydroxylation sites is 2. The molecule has 0 aliphatic rings. The van der Waals surface area contributed by atoms with Gasteiger partial charge in [0.15, 0.2) is 0 Å². The van der Waals surface area contributed by atoms with Crippen molar-refractivity contribution in [1.82, 2.24) is 10.2 Å². The number of sulfonamides is 1. The predicted octanol–water partition coefficient (Wildman–Crippen LogP) is 2.71. The van der Waals surface area contributed by atoms with E-state index in [4.69, 9.17) is 4.74 Å². The molecule has 0 fully saturated rings. The Morgan fingerprint density at radius 3 is 2.36 bits per heavy atom.